The molecule has 1 nitrogen and oxygen atoms in total. The van der Waals surface area contributed by atoms with Crippen molar-refractivity contribution in [3.63, 3.8) is 0 Å². The van der Waals surface area contributed by atoms with Gasteiger partial charge < -0.3 is 0 Å². The average molecular weight is 250 g/mol. The molecule has 1 aromatic carbocycles. The molecule has 19 heavy (non-hydrogen) atoms. The fraction of sp³-hybridized carbons (Fsp3) is 0.167. The van der Waals surface area contributed by atoms with Gasteiger partial charge in [0.2, 0.25) is 0 Å². The molecule has 0 radical (unpaired) electrons. The maximum atomic E-state index is 2.19. The van der Waals surface area contributed by atoms with Gasteiger partial charge in [-0.1, -0.05) is 36.4 Å². The van der Waals surface area contributed by atoms with E-state index in [4.69, 9.17) is 0 Å². The van der Waals surface area contributed by atoms with Gasteiger partial charge in [-0.05, 0) is 41.9 Å². The third-order valence-electron chi connectivity index (χ3n) is 3.04. The van der Waals surface area contributed by atoms with Crippen molar-refractivity contribution in [2.45, 2.75) is 6.92 Å². The summed E-state index contributed by atoms with van der Waals surface area (Å²) >= 11 is 0. The predicted octanol–water partition coefficient (Wildman–Crippen LogP) is 3.94. The molecule has 0 fully saturated rings. The van der Waals surface area contributed by atoms with Crippen LogP contribution in [0.5, 0.6) is 0 Å². The van der Waals surface area contributed by atoms with E-state index in [2.05, 4.69) is 85.5 Å². The van der Waals surface area contributed by atoms with Crippen LogP contribution in [0.1, 0.15) is 18.1 Å². The van der Waals surface area contributed by atoms with Crippen LogP contribution in [0, 0.1) is 0 Å². The standard InChI is InChI=1S/C18H20N/c1-4-5-15-6-8-16(9-7-15)14-17-10-12-18(13-11-17)19(2)3/h4-14H,1-3H3/q+1. The van der Waals surface area contributed by atoms with Crippen LogP contribution in [0.2, 0.25) is 0 Å². The minimum atomic E-state index is 1.22. The highest BCUT2D eigenvalue weighted by molar-refractivity contribution is 6.02. The first-order valence-electron chi connectivity index (χ1n) is 6.54. The molecule has 96 valence electrons. The molecule has 0 aliphatic heterocycles. The molecule has 1 heteroatoms. The van der Waals surface area contributed by atoms with Gasteiger partial charge in [-0.3, -0.25) is 0 Å². The van der Waals surface area contributed by atoms with E-state index in [0.29, 0.717) is 0 Å². The number of rotatable bonds is 2. The molecular formula is C18H20N+. The van der Waals surface area contributed by atoms with Gasteiger partial charge in [-0.2, -0.15) is 0 Å². The first-order chi connectivity index (χ1) is 9.19. The van der Waals surface area contributed by atoms with Gasteiger partial charge in [-0.25, -0.2) is 4.58 Å². The Kier molecular flexibility index (Phi) is 4.30. The summed E-state index contributed by atoms with van der Waals surface area (Å²) in [6.45, 7) is 2.03. The minimum absolute atomic E-state index is 1.22. The van der Waals surface area contributed by atoms with Crippen LogP contribution in [0.25, 0.3) is 12.2 Å². The maximum Gasteiger partial charge on any atom is 0.199 e. The number of benzene rings is 1. The Morgan fingerprint density at radius 1 is 0.842 bits per heavy atom. The van der Waals surface area contributed by atoms with Crippen LogP contribution in [0.4, 0.5) is 0 Å². The average Bonchev–Trinajstić information content (AvgIpc) is 2.42. The van der Waals surface area contributed by atoms with Crippen molar-refractivity contribution in [3.05, 3.63) is 71.3 Å². The molecular weight excluding hydrogens is 230 g/mol. The van der Waals surface area contributed by atoms with Crippen LogP contribution in [-0.4, -0.2) is 24.4 Å². The second kappa shape index (κ2) is 6.14. The van der Waals surface area contributed by atoms with Crippen LogP contribution in [-0.2, 0) is 0 Å². The molecule has 0 amide bonds. The second-order valence-corrected chi connectivity index (χ2v) is 4.80. The van der Waals surface area contributed by atoms with Gasteiger partial charge in [0.1, 0.15) is 14.1 Å². The summed E-state index contributed by atoms with van der Waals surface area (Å²) in [7, 11) is 4.11. The maximum absolute atomic E-state index is 2.19. The van der Waals surface area contributed by atoms with Gasteiger partial charge >= 0.3 is 0 Å². The molecule has 0 N–H and O–H groups in total. The van der Waals surface area contributed by atoms with Crippen molar-refractivity contribution < 1.29 is 4.58 Å². The Bertz CT molecular complexity index is 571. The minimum Gasteiger partial charge on any atom is -0.235 e. The zero-order valence-corrected chi connectivity index (χ0v) is 11.8. The summed E-state index contributed by atoms with van der Waals surface area (Å²) in [6.07, 6.45) is 14.9. The van der Waals surface area contributed by atoms with Crippen molar-refractivity contribution in [1.29, 1.82) is 0 Å². The topological polar surface area (TPSA) is 3.01 Å². The van der Waals surface area contributed by atoms with Gasteiger partial charge in [0.05, 0.1) is 0 Å². The monoisotopic (exact) mass is 250 g/mol. The zero-order chi connectivity index (χ0) is 13.7. The van der Waals surface area contributed by atoms with E-state index >= 15 is 0 Å². The van der Waals surface area contributed by atoms with E-state index in [1.165, 1.54) is 22.4 Å². The van der Waals surface area contributed by atoms with Crippen LogP contribution >= 0.6 is 0 Å². The largest absolute Gasteiger partial charge is 0.235 e. The molecule has 1 aliphatic rings. The van der Waals surface area contributed by atoms with Crippen LogP contribution in [0.3, 0.4) is 0 Å². The summed E-state index contributed by atoms with van der Waals surface area (Å²) in [5, 5.41) is 0. The molecule has 0 unspecified atom stereocenters. The molecule has 0 spiro atoms. The van der Waals surface area contributed by atoms with Crippen molar-refractivity contribution in [3.8, 4) is 0 Å². The SMILES string of the molecule is CC=Cc1ccc(C=C2C=CC(=[N+](C)C)C=C2)cc1. The summed E-state index contributed by atoms with van der Waals surface area (Å²) in [5.74, 6) is 0. The van der Waals surface area contributed by atoms with Gasteiger partial charge in [-0.15, -0.1) is 0 Å². The summed E-state index contributed by atoms with van der Waals surface area (Å²) < 4.78 is 2.11. The van der Waals surface area contributed by atoms with Gasteiger partial charge in [0.15, 0.2) is 5.71 Å². The fourth-order valence-electron chi connectivity index (χ4n) is 1.96. The molecule has 0 saturated carbocycles. The molecule has 0 saturated heterocycles. The van der Waals surface area contributed by atoms with Crippen molar-refractivity contribution in [1.82, 2.24) is 0 Å². The van der Waals surface area contributed by atoms with Crippen LogP contribution in [0.15, 0.2) is 60.2 Å². The highest BCUT2D eigenvalue weighted by Gasteiger charge is 2.03. The molecule has 1 aromatic rings. The Morgan fingerprint density at radius 3 is 1.95 bits per heavy atom. The normalized spacial score (nSPS) is 14.3. The van der Waals surface area contributed by atoms with E-state index in [9.17, 15) is 0 Å². The first kappa shape index (κ1) is 13.3. The lowest BCUT2D eigenvalue weighted by Crippen LogP contribution is -2.09. The third-order valence-corrected chi connectivity index (χ3v) is 3.04. The predicted molar refractivity (Wildman–Crippen MR) is 84.5 cm³/mol. The van der Waals surface area contributed by atoms with Gasteiger partial charge in [0, 0.05) is 12.2 Å². The van der Waals surface area contributed by atoms with Crippen molar-refractivity contribution in [2.75, 3.05) is 14.1 Å². The Labute approximate surface area is 115 Å². The molecule has 2 rings (SSSR count). The molecule has 0 atom stereocenters. The highest BCUT2D eigenvalue weighted by atomic mass is 14.9. The lowest BCUT2D eigenvalue weighted by atomic mass is 10.0. The lowest BCUT2D eigenvalue weighted by Gasteiger charge is -2.02. The smallest absolute Gasteiger partial charge is 0.199 e. The Morgan fingerprint density at radius 2 is 1.42 bits per heavy atom. The molecule has 0 aromatic heterocycles. The van der Waals surface area contributed by atoms with Crippen molar-refractivity contribution in [2.24, 2.45) is 0 Å². The zero-order valence-electron chi connectivity index (χ0n) is 11.8. The van der Waals surface area contributed by atoms with Gasteiger partial charge in [0.25, 0.3) is 0 Å². The quantitative estimate of drug-likeness (QED) is 0.699. The van der Waals surface area contributed by atoms with Crippen LogP contribution < -0.4 is 0 Å². The molecule has 0 heterocycles. The number of hydrogen-bond donors (Lipinski definition) is 0. The lowest BCUT2D eigenvalue weighted by molar-refractivity contribution is -0.462. The summed E-state index contributed by atoms with van der Waals surface area (Å²) in [6, 6.07) is 8.57. The van der Waals surface area contributed by atoms with E-state index in [0.717, 1.165) is 0 Å². The first-order valence-corrected chi connectivity index (χ1v) is 6.54. The number of hydrogen-bond acceptors (Lipinski definition) is 0. The third kappa shape index (κ3) is 3.65. The number of nitrogens with zero attached hydrogens (tertiary/aromatic N) is 1. The second-order valence-electron chi connectivity index (χ2n) is 4.80. The fourth-order valence-corrected chi connectivity index (χ4v) is 1.96. The molecule has 0 bridgehead atoms. The summed E-state index contributed by atoms with van der Waals surface area (Å²) in [4.78, 5) is 0. The Balaban J connectivity index is 2.18. The Hall–Kier alpha value is -2.15. The van der Waals surface area contributed by atoms with E-state index in [-0.39, 0.29) is 0 Å². The number of allylic oxidation sites excluding steroid dienone is 6. The van der Waals surface area contributed by atoms with E-state index in [1.807, 2.05) is 6.92 Å². The highest BCUT2D eigenvalue weighted by Crippen LogP contribution is 2.14. The van der Waals surface area contributed by atoms with E-state index in [1.54, 1.807) is 0 Å². The van der Waals surface area contributed by atoms with E-state index < -0.39 is 0 Å². The summed E-state index contributed by atoms with van der Waals surface area (Å²) in [5.41, 5.74) is 4.92. The molecule has 1 aliphatic carbocycles. The van der Waals surface area contributed by atoms with Crippen molar-refractivity contribution >= 4 is 17.9 Å².